The Morgan fingerprint density at radius 1 is 0.525 bits per heavy atom. The summed E-state index contributed by atoms with van der Waals surface area (Å²) in [6.07, 6.45) is 4.02. The highest BCUT2D eigenvalue weighted by Gasteiger charge is 2.25. The highest BCUT2D eigenvalue weighted by molar-refractivity contribution is 5.84. The number of hydrogen-bond acceptors (Lipinski definition) is 11. The molecule has 7 aromatic rings. The van der Waals surface area contributed by atoms with Gasteiger partial charge in [-0.05, 0) is 82.9 Å². The number of pyridine rings is 1. The Morgan fingerprint density at radius 2 is 0.898 bits per heavy atom. The summed E-state index contributed by atoms with van der Waals surface area (Å²) in [5.74, 6) is 0.899. The van der Waals surface area contributed by atoms with Gasteiger partial charge < -0.3 is 25.4 Å². The van der Waals surface area contributed by atoms with E-state index in [4.69, 9.17) is 24.4 Å². The van der Waals surface area contributed by atoms with Crippen molar-refractivity contribution in [1.82, 2.24) is 19.9 Å². The number of para-hydroxylation sites is 1. The number of rotatable bonds is 14. The van der Waals surface area contributed by atoms with Crippen molar-refractivity contribution in [3.05, 3.63) is 181 Å². The van der Waals surface area contributed by atoms with Gasteiger partial charge in [0.25, 0.3) is 0 Å². The maximum Gasteiger partial charge on any atom is 0.335 e. The van der Waals surface area contributed by atoms with Crippen molar-refractivity contribution >= 4 is 57.7 Å². The summed E-state index contributed by atoms with van der Waals surface area (Å²) in [6, 6.07) is 41.0. The van der Waals surface area contributed by atoms with Gasteiger partial charge in [0.15, 0.2) is 0 Å². The summed E-state index contributed by atoms with van der Waals surface area (Å²) < 4.78 is 10.5. The Labute approximate surface area is 342 Å². The molecule has 0 fully saturated rings. The second-order valence-corrected chi connectivity index (χ2v) is 14.8. The van der Waals surface area contributed by atoms with Gasteiger partial charge in [0.2, 0.25) is 17.8 Å². The molecule has 7 rings (SSSR count). The van der Waals surface area contributed by atoms with Crippen LogP contribution >= 0.6 is 0 Å². The quantitative estimate of drug-likeness (QED) is 0.0552. The molecule has 294 valence electrons. The number of carbonyl (C=O) groups is 2. The van der Waals surface area contributed by atoms with Gasteiger partial charge in [0.05, 0.1) is 17.4 Å². The van der Waals surface area contributed by atoms with Crippen LogP contribution in [0.25, 0.3) is 10.9 Å². The molecule has 0 aliphatic carbocycles. The van der Waals surface area contributed by atoms with E-state index in [9.17, 15) is 9.59 Å². The van der Waals surface area contributed by atoms with Crippen molar-refractivity contribution < 1.29 is 19.1 Å². The number of carbonyl (C=O) groups excluding carboxylic acids is 2. The number of anilines is 6. The first kappa shape index (κ1) is 39.6. The van der Waals surface area contributed by atoms with Crippen molar-refractivity contribution in [2.75, 3.05) is 16.0 Å². The summed E-state index contributed by atoms with van der Waals surface area (Å²) in [4.78, 5) is 42.0. The number of hydrogen-bond donors (Lipinski definition) is 3. The molecular formula is C48H43N7O4. The van der Waals surface area contributed by atoms with E-state index in [0.717, 1.165) is 62.4 Å². The number of benzene rings is 5. The molecular weight excluding hydrogens is 739 g/mol. The third-order valence-electron chi connectivity index (χ3n) is 10.1. The monoisotopic (exact) mass is 781 g/mol. The zero-order valence-corrected chi connectivity index (χ0v) is 33.2. The highest BCUT2D eigenvalue weighted by atomic mass is 16.5. The molecule has 0 aliphatic heterocycles. The molecule has 0 saturated carbocycles. The van der Waals surface area contributed by atoms with E-state index in [0.29, 0.717) is 29.3 Å². The van der Waals surface area contributed by atoms with Crippen LogP contribution in [-0.2, 0) is 20.4 Å². The fourth-order valence-electron chi connectivity index (χ4n) is 6.54. The van der Waals surface area contributed by atoms with Gasteiger partial charge in [-0.15, -0.1) is 0 Å². The number of nitrogens with zero attached hydrogens (tertiary/aromatic N) is 4. The van der Waals surface area contributed by atoms with Crippen LogP contribution in [0.5, 0.6) is 11.5 Å². The average Bonchev–Trinajstić information content (AvgIpc) is 3.24. The van der Waals surface area contributed by atoms with Crippen LogP contribution in [0.15, 0.2) is 159 Å². The summed E-state index contributed by atoms with van der Waals surface area (Å²) in [7, 11) is 0. The van der Waals surface area contributed by atoms with Crippen molar-refractivity contribution in [1.29, 1.82) is 0 Å². The van der Waals surface area contributed by atoms with Crippen LogP contribution in [0.2, 0.25) is 0 Å². The van der Waals surface area contributed by atoms with Gasteiger partial charge in [-0.25, -0.2) is 9.59 Å². The molecule has 0 spiro atoms. The highest BCUT2D eigenvalue weighted by Crippen LogP contribution is 2.35. The van der Waals surface area contributed by atoms with E-state index in [1.807, 2.05) is 78.9 Å². The van der Waals surface area contributed by atoms with E-state index in [2.05, 4.69) is 86.1 Å². The van der Waals surface area contributed by atoms with Gasteiger partial charge in [-0.2, -0.15) is 15.0 Å². The van der Waals surface area contributed by atoms with Gasteiger partial charge in [-0.3, -0.25) is 4.98 Å². The molecule has 5 aromatic carbocycles. The molecule has 2 heterocycles. The molecule has 0 atom stereocenters. The van der Waals surface area contributed by atoms with Gasteiger partial charge in [0, 0.05) is 39.7 Å². The van der Waals surface area contributed by atoms with E-state index in [-0.39, 0.29) is 10.8 Å². The largest absolute Gasteiger partial charge is 0.423 e. The maximum absolute atomic E-state index is 11.6. The molecule has 0 radical (unpaired) electrons. The number of esters is 2. The topological polar surface area (TPSA) is 140 Å². The Hall–Kier alpha value is -7.66. The lowest BCUT2D eigenvalue weighted by Crippen LogP contribution is -2.19. The summed E-state index contributed by atoms with van der Waals surface area (Å²) in [5, 5.41) is 11.0. The molecule has 2 aromatic heterocycles. The average molecular weight is 782 g/mol. The Kier molecular flexibility index (Phi) is 11.3. The third kappa shape index (κ3) is 9.32. The lowest BCUT2D eigenvalue weighted by molar-refractivity contribution is -0.129. The second kappa shape index (κ2) is 16.8. The molecule has 3 N–H and O–H groups in total. The molecule has 0 bridgehead atoms. The first-order valence-corrected chi connectivity index (χ1v) is 18.9. The molecule has 11 heteroatoms. The van der Waals surface area contributed by atoms with E-state index >= 15 is 0 Å². The summed E-state index contributed by atoms with van der Waals surface area (Å²) in [6.45, 7) is 15.5. The van der Waals surface area contributed by atoms with Crippen LogP contribution in [0.4, 0.5) is 34.9 Å². The van der Waals surface area contributed by atoms with Gasteiger partial charge in [-0.1, -0.05) is 108 Å². The normalized spacial score (nSPS) is 11.3. The van der Waals surface area contributed by atoms with E-state index in [1.165, 1.54) is 0 Å². The minimum Gasteiger partial charge on any atom is -0.423 e. The molecule has 11 nitrogen and oxygen atoms in total. The Morgan fingerprint density at radius 3 is 1.31 bits per heavy atom. The van der Waals surface area contributed by atoms with Gasteiger partial charge >= 0.3 is 11.9 Å². The molecule has 0 saturated heterocycles. The number of ether oxygens (including phenoxy) is 2. The zero-order chi connectivity index (χ0) is 41.6. The van der Waals surface area contributed by atoms with Crippen LogP contribution in [-0.4, -0.2) is 31.9 Å². The Balaban J connectivity index is 1.12. The SMILES string of the molecule is C=CC(=O)Oc1ccc(C(C)(C)c2ccc(Nc3nc(Nc4ccc(C(C)(C)c5ccc(OC(=O)C=C)cc5)cc4)nc(Nc4cnc5ccccc5c4)n3)cc2)cc1. The van der Waals surface area contributed by atoms with Gasteiger partial charge in [0.1, 0.15) is 11.5 Å². The summed E-state index contributed by atoms with van der Waals surface area (Å²) >= 11 is 0. The lowest BCUT2D eigenvalue weighted by Gasteiger charge is -2.26. The first-order chi connectivity index (χ1) is 28.4. The molecule has 0 aliphatic rings. The summed E-state index contributed by atoms with van der Waals surface area (Å²) in [5.41, 5.74) is 6.78. The minimum absolute atomic E-state index is 0.321. The van der Waals surface area contributed by atoms with Crippen LogP contribution in [0.3, 0.4) is 0 Å². The predicted molar refractivity (Wildman–Crippen MR) is 233 cm³/mol. The number of fused-ring (bicyclic) bond motifs is 1. The maximum atomic E-state index is 11.6. The smallest absolute Gasteiger partial charge is 0.335 e. The minimum atomic E-state index is -0.500. The number of aromatic nitrogens is 4. The van der Waals surface area contributed by atoms with E-state index < -0.39 is 11.9 Å². The van der Waals surface area contributed by atoms with Crippen LogP contribution in [0, 0.1) is 0 Å². The second-order valence-electron chi connectivity index (χ2n) is 14.8. The van der Waals surface area contributed by atoms with Crippen molar-refractivity contribution in [3.8, 4) is 11.5 Å². The van der Waals surface area contributed by atoms with Crippen LogP contribution < -0.4 is 25.4 Å². The fraction of sp³-hybridized carbons (Fsp3) is 0.125. The van der Waals surface area contributed by atoms with Crippen molar-refractivity contribution in [2.45, 2.75) is 38.5 Å². The molecule has 0 unspecified atom stereocenters. The van der Waals surface area contributed by atoms with E-state index in [1.54, 1.807) is 30.5 Å². The zero-order valence-electron chi connectivity index (χ0n) is 33.2. The fourth-order valence-corrected chi connectivity index (χ4v) is 6.54. The lowest BCUT2D eigenvalue weighted by atomic mass is 9.78. The molecule has 59 heavy (non-hydrogen) atoms. The van der Waals surface area contributed by atoms with Crippen molar-refractivity contribution in [2.24, 2.45) is 0 Å². The number of nitrogens with one attached hydrogen (secondary N) is 3. The standard InChI is InChI=1S/C48H43N7O4/c1-7-42(56)58-39-25-17-34(18-26-39)47(3,4)32-13-21-36(22-14-32)50-44-53-45(55-46(54-44)52-38-29-31-11-9-10-12-41(31)49-30-38)51-37-23-15-33(16-24-37)48(5,6)35-19-27-40(28-20-35)59-43(57)8-2/h7-30H,1-2H2,3-6H3,(H3,50,51,52,53,54,55). The molecule has 0 amide bonds. The van der Waals surface area contributed by atoms with Crippen LogP contribution in [0.1, 0.15) is 49.9 Å². The first-order valence-electron chi connectivity index (χ1n) is 18.9. The Bertz CT molecular complexity index is 2500. The third-order valence-corrected chi connectivity index (χ3v) is 10.1. The predicted octanol–water partition coefficient (Wildman–Crippen LogP) is 10.5. The van der Waals surface area contributed by atoms with Crippen molar-refractivity contribution in [3.63, 3.8) is 0 Å².